The van der Waals surface area contributed by atoms with Crippen molar-refractivity contribution in [2.24, 2.45) is 11.8 Å². The van der Waals surface area contributed by atoms with Crippen LogP contribution in [-0.2, 0) is 6.42 Å². The Morgan fingerprint density at radius 1 is 0.657 bits per heavy atom. The highest BCUT2D eigenvalue weighted by Crippen LogP contribution is 2.30. The number of aryl methyl sites for hydroxylation is 4. The van der Waals surface area contributed by atoms with Crippen molar-refractivity contribution in [3.63, 3.8) is 0 Å². The third-order valence-corrected chi connectivity index (χ3v) is 7.82. The Labute approximate surface area is 213 Å². The van der Waals surface area contributed by atoms with E-state index in [-0.39, 0.29) is 0 Å². The van der Waals surface area contributed by atoms with Crippen molar-refractivity contribution in [1.82, 2.24) is 9.80 Å². The van der Waals surface area contributed by atoms with Gasteiger partial charge in [-0.3, -0.25) is 0 Å². The van der Waals surface area contributed by atoms with Crippen molar-refractivity contribution in [1.29, 1.82) is 0 Å². The van der Waals surface area contributed by atoms with Crippen LogP contribution in [0.2, 0.25) is 0 Å². The average Bonchev–Trinajstić information content (AvgIpc) is 2.78. The number of likely N-dealkylation sites (tertiary alicyclic amines) is 2. The minimum absolute atomic E-state index is 0.637. The molecule has 2 unspecified atom stereocenters. The third-order valence-electron chi connectivity index (χ3n) is 7.82. The van der Waals surface area contributed by atoms with Crippen LogP contribution < -0.4 is 9.47 Å². The van der Waals surface area contributed by atoms with Crippen molar-refractivity contribution in [3.8, 4) is 11.5 Å². The van der Waals surface area contributed by atoms with Crippen LogP contribution in [0.1, 0.15) is 59.1 Å². The van der Waals surface area contributed by atoms with Crippen molar-refractivity contribution in [2.45, 2.75) is 59.8 Å². The SMILES string of the molecule is Cc1cc(Cc2cc(C)c(OCC3CCCN(C)C3)c(C)c2)cc(C)c1OCC1CCCN(C)C1. The fraction of sp³-hybridized carbons (Fsp3) is 0.613. The van der Waals surface area contributed by atoms with Gasteiger partial charge in [-0.15, -0.1) is 0 Å². The smallest absolute Gasteiger partial charge is 0.125 e. The van der Waals surface area contributed by atoms with E-state index in [0.29, 0.717) is 11.8 Å². The van der Waals surface area contributed by atoms with E-state index in [2.05, 4.69) is 75.9 Å². The van der Waals surface area contributed by atoms with Crippen molar-refractivity contribution in [2.75, 3.05) is 53.5 Å². The van der Waals surface area contributed by atoms with Crippen molar-refractivity contribution >= 4 is 0 Å². The van der Waals surface area contributed by atoms with E-state index in [1.54, 1.807) is 0 Å². The van der Waals surface area contributed by atoms with Crippen LogP contribution in [0.25, 0.3) is 0 Å². The zero-order valence-electron chi connectivity index (χ0n) is 23.0. The molecule has 2 heterocycles. The van der Waals surface area contributed by atoms with Gasteiger partial charge in [0, 0.05) is 24.9 Å². The first-order valence-electron chi connectivity index (χ1n) is 13.6. The van der Waals surface area contributed by atoms with Gasteiger partial charge in [0.15, 0.2) is 0 Å². The lowest BCUT2D eigenvalue weighted by molar-refractivity contribution is 0.149. The lowest BCUT2D eigenvalue weighted by Crippen LogP contribution is -2.34. The van der Waals surface area contributed by atoms with Crippen LogP contribution in [-0.4, -0.2) is 63.3 Å². The summed E-state index contributed by atoms with van der Waals surface area (Å²) in [5, 5.41) is 0. The Bertz CT molecular complexity index is 876. The summed E-state index contributed by atoms with van der Waals surface area (Å²) in [6.07, 6.45) is 6.04. The van der Waals surface area contributed by atoms with E-state index in [1.807, 2.05) is 0 Å². The first-order chi connectivity index (χ1) is 16.8. The average molecular weight is 479 g/mol. The molecule has 2 aromatic rings. The maximum absolute atomic E-state index is 6.35. The van der Waals surface area contributed by atoms with Gasteiger partial charge in [0.1, 0.15) is 11.5 Å². The number of hydrogen-bond donors (Lipinski definition) is 0. The maximum Gasteiger partial charge on any atom is 0.125 e. The molecule has 0 saturated carbocycles. The molecule has 0 aromatic heterocycles. The third kappa shape index (κ3) is 7.01. The molecule has 4 nitrogen and oxygen atoms in total. The normalized spacial score (nSPS) is 21.8. The van der Waals surface area contributed by atoms with Crippen LogP contribution in [0.3, 0.4) is 0 Å². The van der Waals surface area contributed by atoms with Crippen LogP contribution in [0, 0.1) is 39.5 Å². The molecule has 2 atom stereocenters. The van der Waals surface area contributed by atoms with E-state index in [1.165, 1.54) is 72.2 Å². The summed E-state index contributed by atoms with van der Waals surface area (Å²) in [7, 11) is 4.43. The zero-order valence-corrected chi connectivity index (χ0v) is 23.0. The Morgan fingerprint density at radius 3 is 1.37 bits per heavy atom. The van der Waals surface area contributed by atoms with Gasteiger partial charge in [0.05, 0.1) is 13.2 Å². The minimum Gasteiger partial charge on any atom is -0.493 e. The fourth-order valence-electron chi connectivity index (χ4n) is 6.20. The van der Waals surface area contributed by atoms with Gasteiger partial charge in [0.25, 0.3) is 0 Å². The molecule has 2 aromatic carbocycles. The molecule has 4 heteroatoms. The molecule has 4 rings (SSSR count). The van der Waals surface area contributed by atoms with Gasteiger partial charge in [-0.1, -0.05) is 24.3 Å². The number of piperidine rings is 2. The number of ether oxygens (including phenoxy) is 2. The predicted octanol–water partition coefficient (Wildman–Crippen LogP) is 5.95. The number of rotatable bonds is 8. The highest BCUT2D eigenvalue weighted by atomic mass is 16.5. The molecule has 2 aliphatic heterocycles. The second kappa shape index (κ2) is 11.8. The van der Waals surface area contributed by atoms with E-state index >= 15 is 0 Å². The largest absolute Gasteiger partial charge is 0.493 e. The molecule has 192 valence electrons. The molecule has 0 radical (unpaired) electrons. The summed E-state index contributed by atoms with van der Waals surface area (Å²) in [5.74, 6) is 3.42. The second-order valence-electron chi connectivity index (χ2n) is 11.5. The highest BCUT2D eigenvalue weighted by Gasteiger charge is 2.20. The Kier molecular flexibility index (Phi) is 8.77. The van der Waals surface area contributed by atoms with Gasteiger partial charge < -0.3 is 19.3 Å². The standard InChI is InChI=1S/C31H46N2O2/c1-22-13-28(14-23(2)30(22)34-20-26-9-7-11-32(5)18-26)17-29-15-24(3)31(25(4)16-29)35-21-27-10-8-12-33(6)19-27/h13-16,26-27H,7-12,17-21H2,1-6H3. The molecular formula is C31H46N2O2. The quantitative estimate of drug-likeness (QED) is 0.468. The first-order valence-corrected chi connectivity index (χ1v) is 13.6. The summed E-state index contributed by atoms with van der Waals surface area (Å²) in [6.45, 7) is 15.1. The highest BCUT2D eigenvalue weighted by molar-refractivity contribution is 5.47. The monoisotopic (exact) mass is 478 g/mol. The number of benzene rings is 2. The first kappa shape index (κ1) is 26.0. The summed E-state index contributed by atoms with van der Waals surface area (Å²) in [4.78, 5) is 4.85. The summed E-state index contributed by atoms with van der Waals surface area (Å²) in [5.41, 5.74) is 7.68. The van der Waals surface area contributed by atoms with Crippen LogP contribution >= 0.6 is 0 Å². The van der Waals surface area contributed by atoms with Gasteiger partial charge in [-0.25, -0.2) is 0 Å². The van der Waals surface area contributed by atoms with Crippen molar-refractivity contribution < 1.29 is 9.47 Å². The molecule has 0 spiro atoms. The summed E-state index contributed by atoms with van der Waals surface area (Å²) < 4.78 is 12.7. The van der Waals surface area contributed by atoms with Gasteiger partial charge in [-0.05, 0) is 120 Å². The number of nitrogens with zero attached hydrogens (tertiary/aromatic N) is 2. The summed E-state index contributed by atoms with van der Waals surface area (Å²) >= 11 is 0. The second-order valence-corrected chi connectivity index (χ2v) is 11.5. The molecule has 0 amide bonds. The van der Waals surface area contributed by atoms with Crippen molar-refractivity contribution in [3.05, 3.63) is 57.6 Å². The lowest BCUT2D eigenvalue weighted by Gasteiger charge is -2.30. The minimum atomic E-state index is 0.637. The number of hydrogen-bond acceptors (Lipinski definition) is 4. The molecular weight excluding hydrogens is 432 g/mol. The Balaban J connectivity index is 1.38. The predicted molar refractivity (Wildman–Crippen MR) is 146 cm³/mol. The molecule has 0 N–H and O–H groups in total. The zero-order chi connectivity index (χ0) is 24.9. The molecule has 2 saturated heterocycles. The maximum atomic E-state index is 6.35. The van der Waals surface area contributed by atoms with E-state index in [4.69, 9.17) is 9.47 Å². The molecule has 35 heavy (non-hydrogen) atoms. The van der Waals surface area contributed by atoms with Gasteiger partial charge in [-0.2, -0.15) is 0 Å². The molecule has 2 fully saturated rings. The lowest BCUT2D eigenvalue weighted by atomic mass is 9.96. The molecule has 0 aliphatic carbocycles. The van der Waals surface area contributed by atoms with Crippen LogP contribution in [0.15, 0.2) is 24.3 Å². The van der Waals surface area contributed by atoms with Crippen LogP contribution in [0.5, 0.6) is 11.5 Å². The van der Waals surface area contributed by atoms with E-state index in [9.17, 15) is 0 Å². The summed E-state index contributed by atoms with van der Waals surface area (Å²) in [6, 6.07) is 9.24. The van der Waals surface area contributed by atoms with Gasteiger partial charge >= 0.3 is 0 Å². The van der Waals surface area contributed by atoms with E-state index in [0.717, 1.165) is 44.2 Å². The van der Waals surface area contributed by atoms with Crippen LogP contribution in [0.4, 0.5) is 0 Å². The Morgan fingerprint density at radius 2 is 1.03 bits per heavy atom. The topological polar surface area (TPSA) is 24.9 Å². The fourth-order valence-corrected chi connectivity index (χ4v) is 6.20. The molecule has 2 aliphatic rings. The van der Waals surface area contributed by atoms with Gasteiger partial charge in [0.2, 0.25) is 0 Å². The van der Waals surface area contributed by atoms with E-state index < -0.39 is 0 Å². The molecule has 0 bridgehead atoms. The Hall–Kier alpha value is -2.04.